The van der Waals surface area contributed by atoms with Crippen molar-refractivity contribution in [3.8, 4) is 0 Å². The van der Waals surface area contributed by atoms with Gasteiger partial charge in [-0.15, -0.1) is 0 Å². The Morgan fingerprint density at radius 3 is 2.85 bits per heavy atom. The van der Waals surface area contributed by atoms with Crippen molar-refractivity contribution in [1.29, 1.82) is 0 Å². The zero-order chi connectivity index (χ0) is 14.7. The van der Waals surface area contributed by atoms with Gasteiger partial charge in [-0.05, 0) is 40.8 Å². The van der Waals surface area contributed by atoms with Crippen LogP contribution in [-0.4, -0.2) is 24.1 Å². The largest absolute Gasteiger partial charge is 0.366 e. The van der Waals surface area contributed by atoms with E-state index < -0.39 is 0 Å². The standard InChI is InChI=1S/C14H20BrN3O2/c1-2-10-5-6-17(12(7-10)9-16)14-4-3-11(18(19)20)8-13(14)15/h3-4,8,10,12H,2,5-7,9,16H2,1H3. The number of non-ortho nitro benzene ring substituents is 1. The van der Waals surface area contributed by atoms with Gasteiger partial charge in [0.25, 0.3) is 5.69 Å². The van der Waals surface area contributed by atoms with Crippen LogP contribution in [0.3, 0.4) is 0 Å². The predicted molar refractivity (Wildman–Crippen MR) is 84.0 cm³/mol. The van der Waals surface area contributed by atoms with Crippen molar-refractivity contribution >= 4 is 27.3 Å². The Kier molecular flexibility index (Phi) is 4.99. The zero-order valence-corrected chi connectivity index (χ0v) is 13.2. The van der Waals surface area contributed by atoms with Crippen LogP contribution >= 0.6 is 15.9 Å². The van der Waals surface area contributed by atoms with Crippen molar-refractivity contribution < 1.29 is 4.92 Å². The number of nitrogens with two attached hydrogens (primary N) is 1. The van der Waals surface area contributed by atoms with Crippen LogP contribution in [0.4, 0.5) is 11.4 Å². The van der Waals surface area contributed by atoms with E-state index >= 15 is 0 Å². The number of anilines is 1. The minimum Gasteiger partial charge on any atom is -0.366 e. The number of hydrogen-bond acceptors (Lipinski definition) is 4. The lowest BCUT2D eigenvalue weighted by atomic mass is 9.88. The molecule has 2 rings (SSSR count). The molecule has 1 saturated heterocycles. The summed E-state index contributed by atoms with van der Waals surface area (Å²) in [4.78, 5) is 12.7. The molecule has 0 aromatic heterocycles. The van der Waals surface area contributed by atoms with Gasteiger partial charge in [0.1, 0.15) is 0 Å². The average molecular weight is 342 g/mol. The van der Waals surface area contributed by atoms with Crippen LogP contribution in [0.15, 0.2) is 22.7 Å². The number of hydrogen-bond donors (Lipinski definition) is 1. The number of nitro groups is 1. The highest BCUT2D eigenvalue weighted by atomic mass is 79.9. The predicted octanol–water partition coefficient (Wildman–Crippen LogP) is 3.31. The van der Waals surface area contributed by atoms with Gasteiger partial charge in [-0.3, -0.25) is 10.1 Å². The molecule has 0 spiro atoms. The number of rotatable bonds is 4. The molecule has 0 radical (unpaired) electrons. The lowest BCUT2D eigenvalue weighted by Gasteiger charge is -2.40. The molecule has 0 saturated carbocycles. The van der Waals surface area contributed by atoms with E-state index in [1.807, 2.05) is 6.07 Å². The van der Waals surface area contributed by atoms with E-state index in [-0.39, 0.29) is 10.6 Å². The van der Waals surface area contributed by atoms with Crippen LogP contribution < -0.4 is 10.6 Å². The van der Waals surface area contributed by atoms with Crippen LogP contribution in [0.1, 0.15) is 26.2 Å². The zero-order valence-electron chi connectivity index (χ0n) is 11.6. The van der Waals surface area contributed by atoms with E-state index in [4.69, 9.17) is 5.73 Å². The molecule has 2 N–H and O–H groups in total. The Morgan fingerprint density at radius 2 is 2.30 bits per heavy atom. The molecule has 1 heterocycles. The first-order chi connectivity index (χ1) is 9.56. The fraction of sp³-hybridized carbons (Fsp3) is 0.571. The van der Waals surface area contributed by atoms with E-state index in [1.54, 1.807) is 12.1 Å². The minimum atomic E-state index is -0.377. The second-order valence-corrected chi connectivity index (χ2v) is 6.13. The first-order valence-corrected chi connectivity index (χ1v) is 7.76. The van der Waals surface area contributed by atoms with Crippen LogP contribution in [0, 0.1) is 16.0 Å². The number of nitrogens with zero attached hydrogens (tertiary/aromatic N) is 2. The summed E-state index contributed by atoms with van der Waals surface area (Å²) < 4.78 is 0.764. The van der Waals surface area contributed by atoms with Crippen molar-refractivity contribution in [1.82, 2.24) is 0 Å². The Morgan fingerprint density at radius 1 is 1.55 bits per heavy atom. The number of benzene rings is 1. The summed E-state index contributed by atoms with van der Waals surface area (Å²) in [5, 5.41) is 10.8. The minimum absolute atomic E-state index is 0.105. The van der Waals surface area contributed by atoms with Crippen LogP contribution in [-0.2, 0) is 0 Å². The highest BCUT2D eigenvalue weighted by Gasteiger charge is 2.28. The third-order valence-corrected chi connectivity index (χ3v) is 4.76. The maximum Gasteiger partial charge on any atom is 0.270 e. The fourth-order valence-corrected chi connectivity index (χ4v) is 3.48. The Balaban J connectivity index is 2.24. The van der Waals surface area contributed by atoms with Gasteiger partial charge < -0.3 is 10.6 Å². The van der Waals surface area contributed by atoms with Crippen molar-refractivity contribution in [2.45, 2.75) is 32.2 Å². The summed E-state index contributed by atoms with van der Waals surface area (Å²) in [5.41, 5.74) is 7.02. The van der Waals surface area contributed by atoms with E-state index in [9.17, 15) is 10.1 Å². The molecule has 0 bridgehead atoms. The van der Waals surface area contributed by atoms with E-state index in [1.165, 1.54) is 6.42 Å². The summed E-state index contributed by atoms with van der Waals surface area (Å²) in [6.07, 6.45) is 3.43. The van der Waals surface area contributed by atoms with Gasteiger partial charge in [-0.2, -0.15) is 0 Å². The second-order valence-electron chi connectivity index (χ2n) is 5.27. The third-order valence-electron chi connectivity index (χ3n) is 4.13. The maximum atomic E-state index is 10.8. The molecule has 0 aliphatic carbocycles. The monoisotopic (exact) mass is 341 g/mol. The summed E-state index contributed by atoms with van der Waals surface area (Å²) >= 11 is 3.45. The normalized spacial score (nSPS) is 22.9. The van der Waals surface area contributed by atoms with Gasteiger partial charge in [0, 0.05) is 35.7 Å². The van der Waals surface area contributed by atoms with Gasteiger partial charge in [0.15, 0.2) is 0 Å². The van der Waals surface area contributed by atoms with Crippen LogP contribution in [0.5, 0.6) is 0 Å². The Bertz CT molecular complexity index is 495. The van der Waals surface area contributed by atoms with Crippen molar-refractivity contribution in [3.63, 3.8) is 0 Å². The summed E-state index contributed by atoms with van der Waals surface area (Å²) in [6, 6.07) is 5.25. The van der Waals surface area contributed by atoms with Gasteiger partial charge in [-0.25, -0.2) is 0 Å². The molecule has 110 valence electrons. The van der Waals surface area contributed by atoms with E-state index in [0.717, 1.165) is 35.5 Å². The molecule has 1 fully saturated rings. The molecule has 1 aromatic rings. The molecule has 0 amide bonds. The molecule has 1 aromatic carbocycles. The van der Waals surface area contributed by atoms with E-state index in [2.05, 4.69) is 27.8 Å². The molecule has 2 atom stereocenters. The lowest BCUT2D eigenvalue weighted by Crippen LogP contribution is -2.46. The third kappa shape index (κ3) is 3.12. The highest BCUT2D eigenvalue weighted by molar-refractivity contribution is 9.10. The molecule has 1 aliphatic rings. The van der Waals surface area contributed by atoms with Crippen LogP contribution in [0.2, 0.25) is 0 Å². The molecular formula is C14H20BrN3O2. The lowest BCUT2D eigenvalue weighted by molar-refractivity contribution is -0.384. The smallest absolute Gasteiger partial charge is 0.270 e. The molecule has 2 unspecified atom stereocenters. The Hall–Kier alpha value is -1.14. The molecular weight excluding hydrogens is 322 g/mol. The van der Waals surface area contributed by atoms with Crippen LogP contribution in [0.25, 0.3) is 0 Å². The number of piperidine rings is 1. The Labute approximate surface area is 127 Å². The number of halogens is 1. The summed E-state index contributed by atoms with van der Waals surface area (Å²) in [5.74, 6) is 0.733. The van der Waals surface area contributed by atoms with Crippen molar-refractivity contribution in [2.75, 3.05) is 18.0 Å². The molecule has 5 nitrogen and oxygen atoms in total. The average Bonchev–Trinajstić information content (AvgIpc) is 2.46. The fourth-order valence-electron chi connectivity index (χ4n) is 2.89. The first-order valence-electron chi connectivity index (χ1n) is 6.97. The number of nitro benzene ring substituents is 1. The topological polar surface area (TPSA) is 72.4 Å². The van der Waals surface area contributed by atoms with Crippen molar-refractivity contribution in [3.05, 3.63) is 32.8 Å². The quantitative estimate of drug-likeness (QED) is 0.673. The van der Waals surface area contributed by atoms with Gasteiger partial charge in [0.05, 0.1) is 10.6 Å². The summed E-state index contributed by atoms with van der Waals surface area (Å²) in [7, 11) is 0. The highest BCUT2D eigenvalue weighted by Crippen LogP contribution is 2.35. The van der Waals surface area contributed by atoms with Gasteiger partial charge in [-0.1, -0.05) is 13.3 Å². The second kappa shape index (κ2) is 6.54. The van der Waals surface area contributed by atoms with Gasteiger partial charge >= 0.3 is 0 Å². The molecule has 1 aliphatic heterocycles. The van der Waals surface area contributed by atoms with Crippen molar-refractivity contribution in [2.24, 2.45) is 11.7 Å². The molecule has 6 heteroatoms. The first kappa shape index (κ1) is 15.3. The van der Waals surface area contributed by atoms with E-state index in [0.29, 0.717) is 12.6 Å². The molecule has 20 heavy (non-hydrogen) atoms. The van der Waals surface area contributed by atoms with Gasteiger partial charge in [0.2, 0.25) is 0 Å². The maximum absolute atomic E-state index is 10.8. The summed E-state index contributed by atoms with van der Waals surface area (Å²) in [6.45, 7) is 3.78. The SMILES string of the molecule is CCC1CCN(c2ccc([N+](=O)[O-])cc2Br)C(CN)C1.